The molecule has 0 N–H and O–H groups in total. The average molecular weight is 281 g/mol. The summed E-state index contributed by atoms with van der Waals surface area (Å²) in [6, 6.07) is 6.21. The molecule has 1 aliphatic rings. The van der Waals surface area contributed by atoms with Crippen molar-refractivity contribution in [2.75, 3.05) is 39.5 Å². The first kappa shape index (κ1) is 15.3. The van der Waals surface area contributed by atoms with Crippen LogP contribution in [-0.4, -0.2) is 44.4 Å². The number of morpholine rings is 1. The summed E-state index contributed by atoms with van der Waals surface area (Å²) in [5, 5.41) is 0. The first-order chi connectivity index (χ1) is 9.84. The van der Waals surface area contributed by atoms with Gasteiger partial charge in [0, 0.05) is 13.1 Å². The van der Waals surface area contributed by atoms with Crippen LogP contribution in [0.4, 0.5) is 4.39 Å². The van der Waals surface area contributed by atoms with Crippen LogP contribution in [-0.2, 0) is 4.74 Å². The summed E-state index contributed by atoms with van der Waals surface area (Å²) in [7, 11) is 0. The fourth-order valence-electron chi connectivity index (χ4n) is 2.34. The van der Waals surface area contributed by atoms with Crippen molar-refractivity contribution in [3.8, 4) is 5.75 Å². The number of rotatable bonds is 8. The second-order valence-corrected chi connectivity index (χ2v) is 5.17. The molecular weight excluding hydrogens is 257 g/mol. The van der Waals surface area contributed by atoms with Crippen LogP contribution < -0.4 is 4.74 Å². The molecule has 20 heavy (non-hydrogen) atoms. The first-order valence-electron chi connectivity index (χ1n) is 7.53. The summed E-state index contributed by atoms with van der Waals surface area (Å²) < 4.78 is 23.6. The van der Waals surface area contributed by atoms with Gasteiger partial charge in [0.15, 0.2) is 0 Å². The molecule has 0 radical (unpaired) electrons. The van der Waals surface area contributed by atoms with Crippen LogP contribution in [0.2, 0.25) is 0 Å². The smallest absolute Gasteiger partial charge is 0.123 e. The number of hydrogen-bond acceptors (Lipinski definition) is 3. The molecule has 0 atom stereocenters. The van der Waals surface area contributed by atoms with E-state index in [4.69, 9.17) is 9.47 Å². The average Bonchev–Trinajstić information content (AvgIpc) is 2.49. The van der Waals surface area contributed by atoms with Crippen molar-refractivity contribution >= 4 is 0 Å². The van der Waals surface area contributed by atoms with Gasteiger partial charge in [0.25, 0.3) is 0 Å². The lowest BCUT2D eigenvalue weighted by Crippen LogP contribution is -2.36. The highest BCUT2D eigenvalue weighted by Crippen LogP contribution is 2.12. The molecule has 4 heteroatoms. The number of halogens is 1. The number of benzene rings is 1. The molecule has 1 saturated heterocycles. The lowest BCUT2D eigenvalue weighted by molar-refractivity contribution is 0.0371. The monoisotopic (exact) mass is 281 g/mol. The van der Waals surface area contributed by atoms with E-state index in [1.807, 2.05) is 0 Å². The van der Waals surface area contributed by atoms with Crippen molar-refractivity contribution in [1.29, 1.82) is 0 Å². The van der Waals surface area contributed by atoms with Crippen molar-refractivity contribution < 1.29 is 13.9 Å². The van der Waals surface area contributed by atoms with Crippen molar-refractivity contribution in [3.05, 3.63) is 30.1 Å². The van der Waals surface area contributed by atoms with E-state index in [-0.39, 0.29) is 5.82 Å². The maximum absolute atomic E-state index is 12.7. The zero-order valence-electron chi connectivity index (χ0n) is 12.0. The normalized spacial score (nSPS) is 16.2. The topological polar surface area (TPSA) is 21.7 Å². The van der Waals surface area contributed by atoms with Crippen molar-refractivity contribution in [3.63, 3.8) is 0 Å². The minimum atomic E-state index is -0.222. The quantitative estimate of drug-likeness (QED) is 0.683. The Bertz CT molecular complexity index is 363. The molecule has 0 aliphatic carbocycles. The molecule has 112 valence electrons. The molecule has 1 aromatic carbocycles. The number of nitrogens with zero attached hydrogens (tertiary/aromatic N) is 1. The Morgan fingerprint density at radius 3 is 2.45 bits per heavy atom. The summed E-state index contributed by atoms with van der Waals surface area (Å²) >= 11 is 0. The summed E-state index contributed by atoms with van der Waals surface area (Å²) in [5.41, 5.74) is 0. The molecule has 0 bridgehead atoms. The molecule has 2 rings (SSSR count). The highest BCUT2D eigenvalue weighted by atomic mass is 19.1. The number of unbranched alkanes of at least 4 members (excludes halogenated alkanes) is 3. The van der Waals surface area contributed by atoms with Gasteiger partial charge >= 0.3 is 0 Å². The first-order valence-corrected chi connectivity index (χ1v) is 7.53. The number of hydrogen-bond donors (Lipinski definition) is 0. The van der Waals surface area contributed by atoms with Gasteiger partial charge in [-0.3, -0.25) is 4.90 Å². The van der Waals surface area contributed by atoms with E-state index in [9.17, 15) is 4.39 Å². The molecule has 0 spiro atoms. The highest BCUT2D eigenvalue weighted by molar-refractivity contribution is 5.21. The molecule has 3 nitrogen and oxygen atoms in total. The van der Waals surface area contributed by atoms with E-state index in [2.05, 4.69) is 4.90 Å². The fourth-order valence-corrected chi connectivity index (χ4v) is 2.34. The largest absolute Gasteiger partial charge is 0.494 e. The van der Waals surface area contributed by atoms with Crippen molar-refractivity contribution in [1.82, 2.24) is 4.90 Å². The van der Waals surface area contributed by atoms with Gasteiger partial charge in [0.05, 0.1) is 19.8 Å². The van der Waals surface area contributed by atoms with Crippen LogP contribution in [0, 0.1) is 5.82 Å². The Kier molecular flexibility index (Phi) is 6.81. The Balaban J connectivity index is 1.44. The summed E-state index contributed by atoms with van der Waals surface area (Å²) in [5.74, 6) is 0.528. The lowest BCUT2D eigenvalue weighted by Gasteiger charge is -2.26. The Hall–Kier alpha value is -1.13. The predicted molar refractivity (Wildman–Crippen MR) is 77.6 cm³/mol. The Morgan fingerprint density at radius 1 is 1.00 bits per heavy atom. The Morgan fingerprint density at radius 2 is 1.70 bits per heavy atom. The summed E-state index contributed by atoms with van der Waals surface area (Å²) in [6.07, 6.45) is 4.73. The Labute approximate surface area is 120 Å². The van der Waals surface area contributed by atoms with Gasteiger partial charge in [-0.2, -0.15) is 0 Å². The SMILES string of the molecule is Fc1ccc(OCCCCCCN2CCOCC2)cc1. The van der Waals surface area contributed by atoms with Crippen LogP contribution in [0.5, 0.6) is 5.75 Å². The minimum Gasteiger partial charge on any atom is -0.494 e. The molecule has 0 unspecified atom stereocenters. The fraction of sp³-hybridized carbons (Fsp3) is 0.625. The molecule has 0 saturated carbocycles. The second-order valence-electron chi connectivity index (χ2n) is 5.17. The van der Waals surface area contributed by atoms with E-state index < -0.39 is 0 Å². The maximum atomic E-state index is 12.7. The van der Waals surface area contributed by atoms with Gasteiger partial charge < -0.3 is 9.47 Å². The molecule has 0 amide bonds. The van der Waals surface area contributed by atoms with Gasteiger partial charge in [0.2, 0.25) is 0 Å². The third kappa shape index (κ3) is 5.88. The van der Waals surface area contributed by atoms with Crippen LogP contribution in [0.15, 0.2) is 24.3 Å². The molecule has 0 aromatic heterocycles. The van der Waals surface area contributed by atoms with Crippen LogP contribution in [0.1, 0.15) is 25.7 Å². The molecule has 1 aromatic rings. The van der Waals surface area contributed by atoms with Gasteiger partial charge in [0.1, 0.15) is 11.6 Å². The molecular formula is C16H24FNO2. The lowest BCUT2D eigenvalue weighted by atomic mass is 10.2. The second kappa shape index (κ2) is 8.93. The van der Waals surface area contributed by atoms with E-state index in [1.165, 1.54) is 37.9 Å². The molecule has 1 heterocycles. The molecule has 1 aliphatic heterocycles. The summed E-state index contributed by atoms with van der Waals surface area (Å²) in [4.78, 5) is 2.47. The van der Waals surface area contributed by atoms with Gasteiger partial charge in [-0.25, -0.2) is 4.39 Å². The van der Waals surface area contributed by atoms with Gasteiger partial charge in [-0.1, -0.05) is 12.8 Å². The minimum absolute atomic E-state index is 0.222. The van der Waals surface area contributed by atoms with Crippen molar-refractivity contribution in [2.45, 2.75) is 25.7 Å². The van der Waals surface area contributed by atoms with Crippen LogP contribution in [0.3, 0.4) is 0 Å². The highest BCUT2D eigenvalue weighted by Gasteiger charge is 2.08. The van der Waals surface area contributed by atoms with E-state index >= 15 is 0 Å². The standard InChI is InChI=1S/C16H24FNO2/c17-15-5-7-16(8-6-15)20-12-4-2-1-3-9-18-10-13-19-14-11-18/h5-8H,1-4,9-14H2. The third-order valence-electron chi connectivity index (χ3n) is 3.55. The van der Waals surface area contributed by atoms with E-state index in [0.717, 1.165) is 38.5 Å². The summed E-state index contributed by atoms with van der Waals surface area (Å²) in [6.45, 7) is 5.81. The van der Waals surface area contributed by atoms with Crippen LogP contribution in [0.25, 0.3) is 0 Å². The predicted octanol–water partition coefficient (Wildman–Crippen LogP) is 3.10. The van der Waals surface area contributed by atoms with Crippen molar-refractivity contribution in [2.24, 2.45) is 0 Å². The van der Waals surface area contributed by atoms with E-state index in [1.54, 1.807) is 12.1 Å². The van der Waals surface area contributed by atoms with E-state index in [0.29, 0.717) is 6.61 Å². The zero-order valence-corrected chi connectivity index (χ0v) is 12.0. The maximum Gasteiger partial charge on any atom is 0.123 e. The number of ether oxygens (including phenoxy) is 2. The molecule has 1 fully saturated rings. The van der Waals surface area contributed by atoms with Gasteiger partial charge in [-0.15, -0.1) is 0 Å². The third-order valence-corrected chi connectivity index (χ3v) is 3.55. The van der Waals surface area contributed by atoms with Crippen LogP contribution >= 0.6 is 0 Å². The zero-order chi connectivity index (χ0) is 14.0. The van der Waals surface area contributed by atoms with Gasteiger partial charge in [-0.05, 0) is 43.7 Å².